The third kappa shape index (κ3) is 3.29. The molecule has 0 heterocycles. The second kappa shape index (κ2) is 5.80. The van der Waals surface area contributed by atoms with E-state index in [9.17, 15) is 8.78 Å². The van der Waals surface area contributed by atoms with Crippen LogP contribution in [0.4, 0.5) is 14.5 Å². The fourth-order valence-corrected chi connectivity index (χ4v) is 2.25. The van der Waals surface area contributed by atoms with Gasteiger partial charge in [-0.3, -0.25) is 0 Å². The van der Waals surface area contributed by atoms with Gasteiger partial charge in [0.15, 0.2) is 0 Å². The van der Waals surface area contributed by atoms with Crippen LogP contribution in [0.1, 0.15) is 5.56 Å². The Labute approximate surface area is 120 Å². The van der Waals surface area contributed by atoms with E-state index >= 15 is 0 Å². The summed E-state index contributed by atoms with van der Waals surface area (Å²) in [6.45, 7) is 0.455. The molecule has 0 aromatic heterocycles. The Morgan fingerprint density at radius 2 is 1.72 bits per heavy atom. The van der Waals surface area contributed by atoms with Crippen LogP contribution in [-0.4, -0.2) is 0 Å². The number of hydrogen-bond donors (Lipinski definition) is 1. The highest BCUT2D eigenvalue weighted by Crippen LogP contribution is 2.22. The molecular formula is C13H9Br2F2N. The smallest absolute Gasteiger partial charge is 0.137 e. The highest BCUT2D eigenvalue weighted by molar-refractivity contribution is 9.10. The highest BCUT2D eigenvalue weighted by Gasteiger charge is 2.03. The lowest BCUT2D eigenvalue weighted by atomic mass is 10.2. The lowest BCUT2D eigenvalue weighted by Crippen LogP contribution is -2.01. The molecular weight excluding hydrogens is 368 g/mol. The summed E-state index contributed by atoms with van der Waals surface area (Å²) in [4.78, 5) is 0. The van der Waals surface area contributed by atoms with Crippen LogP contribution in [-0.2, 0) is 6.54 Å². The van der Waals surface area contributed by atoms with Crippen molar-refractivity contribution in [1.29, 1.82) is 0 Å². The van der Waals surface area contributed by atoms with Crippen LogP contribution in [0, 0.1) is 11.6 Å². The maximum atomic E-state index is 13.1. The van der Waals surface area contributed by atoms with E-state index in [1.54, 1.807) is 18.2 Å². The lowest BCUT2D eigenvalue weighted by molar-refractivity contribution is 0.621. The highest BCUT2D eigenvalue weighted by atomic mass is 79.9. The van der Waals surface area contributed by atoms with Crippen LogP contribution < -0.4 is 5.32 Å². The van der Waals surface area contributed by atoms with E-state index in [2.05, 4.69) is 37.2 Å². The molecule has 0 aliphatic heterocycles. The minimum atomic E-state index is -0.313. The van der Waals surface area contributed by atoms with E-state index in [1.807, 2.05) is 0 Å². The molecule has 1 nitrogen and oxygen atoms in total. The number of rotatable bonds is 3. The second-order valence-electron chi connectivity index (χ2n) is 3.72. The topological polar surface area (TPSA) is 12.0 Å². The average Bonchev–Trinajstić information content (AvgIpc) is 2.34. The first-order valence-electron chi connectivity index (χ1n) is 5.19. The molecule has 18 heavy (non-hydrogen) atoms. The number of anilines is 1. The van der Waals surface area contributed by atoms with Crippen molar-refractivity contribution < 1.29 is 8.78 Å². The van der Waals surface area contributed by atoms with Gasteiger partial charge in [0, 0.05) is 16.7 Å². The van der Waals surface area contributed by atoms with E-state index in [4.69, 9.17) is 0 Å². The summed E-state index contributed by atoms with van der Waals surface area (Å²) in [6.07, 6.45) is 0. The normalized spacial score (nSPS) is 10.4. The van der Waals surface area contributed by atoms with Crippen LogP contribution in [0.15, 0.2) is 45.3 Å². The molecule has 0 atom stereocenters. The van der Waals surface area contributed by atoms with Gasteiger partial charge in [-0.1, -0.05) is 15.9 Å². The third-order valence-electron chi connectivity index (χ3n) is 2.41. The van der Waals surface area contributed by atoms with Crippen LogP contribution in [0.25, 0.3) is 0 Å². The number of hydrogen-bond acceptors (Lipinski definition) is 1. The molecule has 1 N–H and O–H groups in total. The first-order valence-corrected chi connectivity index (χ1v) is 6.78. The zero-order valence-electron chi connectivity index (χ0n) is 9.18. The average molecular weight is 377 g/mol. The number of benzene rings is 2. The Morgan fingerprint density at radius 1 is 0.944 bits per heavy atom. The van der Waals surface area contributed by atoms with Crippen molar-refractivity contribution in [2.75, 3.05) is 5.32 Å². The summed E-state index contributed by atoms with van der Waals surface area (Å²) in [5.74, 6) is -0.595. The molecule has 0 aliphatic carbocycles. The lowest BCUT2D eigenvalue weighted by Gasteiger charge is -2.09. The van der Waals surface area contributed by atoms with Gasteiger partial charge < -0.3 is 5.32 Å². The van der Waals surface area contributed by atoms with Crippen molar-refractivity contribution in [2.45, 2.75) is 6.54 Å². The first kappa shape index (κ1) is 13.5. The predicted octanol–water partition coefficient (Wildman–Crippen LogP) is 5.10. The van der Waals surface area contributed by atoms with Gasteiger partial charge in [-0.25, -0.2) is 8.78 Å². The zero-order valence-corrected chi connectivity index (χ0v) is 12.4. The van der Waals surface area contributed by atoms with Crippen LogP contribution in [0.2, 0.25) is 0 Å². The fourth-order valence-electron chi connectivity index (χ4n) is 1.48. The van der Waals surface area contributed by atoms with Gasteiger partial charge in [0.1, 0.15) is 11.6 Å². The standard InChI is InChI=1S/C13H9Br2F2N/c14-11-3-1-9(16)5-8(11)7-18-10-2-4-13(17)12(15)6-10/h1-6,18H,7H2. The summed E-state index contributed by atoms with van der Waals surface area (Å²) >= 11 is 6.47. The molecule has 0 spiro atoms. The molecule has 0 fully saturated rings. The van der Waals surface area contributed by atoms with Gasteiger partial charge in [-0.15, -0.1) is 0 Å². The molecule has 2 rings (SSSR count). The molecule has 0 saturated carbocycles. The minimum absolute atomic E-state index is 0.282. The van der Waals surface area contributed by atoms with E-state index < -0.39 is 0 Å². The van der Waals surface area contributed by atoms with Crippen LogP contribution in [0.3, 0.4) is 0 Å². The summed E-state index contributed by atoms with van der Waals surface area (Å²) in [5, 5.41) is 3.10. The summed E-state index contributed by atoms with van der Waals surface area (Å²) in [6, 6.07) is 9.15. The van der Waals surface area contributed by atoms with E-state index in [1.165, 1.54) is 18.2 Å². The van der Waals surface area contributed by atoms with Crippen molar-refractivity contribution >= 4 is 37.5 Å². The maximum Gasteiger partial charge on any atom is 0.137 e. The van der Waals surface area contributed by atoms with Gasteiger partial charge in [0.2, 0.25) is 0 Å². The third-order valence-corrected chi connectivity index (χ3v) is 3.79. The van der Waals surface area contributed by atoms with Crippen molar-refractivity contribution in [3.63, 3.8) is 0 Å². The summed E-state index contributed by atoms with van der Waals surface area (Å²) in [5.41, 5.74) is 1.56. The zero-order chi connectivity index (χ0) is 13.1. The number of nitrogens with one attached hydrogen (secondary N) is 1. The SMILES string of the molecule is Fc1ccc(Br)c(CNc2ccc(F)c(Br)c2)c1. The van der Waals surface area contributed by atoms with Gasteiger partial charge in [-0.2, -0.15) is 0 Å². The molecule has 0 saturated heterocycles. The van der Waals surface area contributed by atoms with Gasteiger partial charge in [-0.05, 0) is 57.9 Å². The predicted molar refractivity (Wildman–Crippen MR) is 75.5 cm³/mol. The minimum Gasteiger partial charge on any atom is -0.381 e. The molecule has 0 aliphatic rings. The molecule has 2 aromatic carbocycles. The molecule has 0 amide bonds. The van der Waals surface area contributed by atoms with Crippen molar-refractivity contribution in [3.8, 4) is 0 Å². The Morgan fingerprint density at radius 3 is 2.44 bits per heavy atom. The Bertz CT molecular complexity index is 573. The van der Waals surface area contributed by atoms with Crippen molar-refractivity contribution in [3.05, 3.63) is 62.5 Å². The first-order chi connectivity index (χ1) is 8.56. The monoisotopic (exact) mass is 375 g/mol. The Balaban J connectivity index is 2.11. The Hall–Kier alpha value is -0.940. The van der Waals surface area contributed by atoms with Gasteiger partial charge >= 0.3 is 0 Å². The fraction of sp³-hybridized carbons (Fsp3) is 0.0769. The van der Waals surface area contributed by atoms with Gasteiger partial charge in [0.25, 0.3) is 0 Å². The number of halogens is 4. The molecule has 2 aromatic rings. The maximum absolute atomic E-state index is 13.1. The Kier molecular flexibility index (Phi) is 4.35. The van der Waals surface area contributed by atoms with E-state index in [0.29, 0.717) is 11.0 Å². The quantitative estimate of drug-likeness (QED) is 0.785. The molecule has 94 valence electrons. The van der Waals surface area contributed by atoms with E-state index in [0.717, 1.165) is 15.7 Å². The van der Waals surface area contributed by atoms with Crippen molar-refractivity contribution in [1.82, 2.24) is 0 Å². The van der Waals surface area contributed by atoms with Crippen molar-refractivity contribution in [2.24, 2.45) is 0 Å². The molecule has 0 unspecified atom stereocenters. The summed E-state index contributed by atoms with van der Waals surface area (Å²) in [7, 11) is 0. The van der Waals surface area contributed by atoms with Crippen LogP contribution >= 0.6 is 31.9 Å². The molecule has 0 bridgehead atoms. The second-order valence-corrected chi connectivity index (χ2v) is 5.43. The largest absolute Gasteiger partial charge is 0.381 e. The molecule has 5 heteroatoms. The van der Waals surface area contributed by atoms with Gasteiger partial charge in [0.05, 0.1) is 4.47 Å². The summed E-state index contributed by atoms with van der Waals surface area (Å²) < 4.78 is 27.4. The van der Waals surface area contributed by atoms with E-state index in [-0.39, 0.29) is 11.6 Å². The molecule has 0 radical (unpaired) electrons. The van der Waals surface area contributed by atoms with Crippen LogP contribution in [0.5, 0.6) is 0 Å².